The van der Waals surface area contributed by atoms with Crippen LogP contribution in [0.2, 0.25) is 0 Å². The van der Waals surface area contributed by atoms with E-state index in [1.54, 1.807) is 14.1 Å². The highest BCUT2D eigenvalue weighted by molar-refractivity contribution is 14.0. The Labute approximate surface area is 157 Å². The zero-order chi connectivity index (χ0) is 17.3. The summed E-state index contributed by atoms with van der Waals surface area (Å²) < 4.78 is 0. The molecule has 0 aromatic rings. The van der Waals surface area contributed by atoms with E-state index < -0.39 is 0 Å². The Morgan fingerprint density at radius 2 is 1.70 bits per heavy atom. The molecule has 0 radical (unpaired) electrons. The highest BCUT2D eigenvalue weighted by atomic mass is 127. The number of nitrogens with one attached hydrogen (secondary N) is 3. The van der Waals surface area contributed by atoms with Crippen LogP contribution in [0.25, 0.3) is 0 Å². The van der Waals surface area contributed by atoms with E-state index in [4.69, 9.17) is 0 Å². The minimum Gasteiger partial charge on any atom is -0.356 e. The summed E-state index contributed by atoms with van der Waals surface area (Å²) in [7, 11) is 3.39. The number of carbonyl (C=O) groups excluding carboxylic acids is 2. The monoisotopic (exact) mass is 441 g/mol. The van der Waals surface area contributed by atoms with Crippen molar-refractivity contribution in [2.24, 2.45) is 10.9 Å². The molecule has 0 fully saturated rings. The predicted octanol–water partition coefficient (Wildman–Crippen LogP) is 0.799. The Kier molecular flexibility index (Phi) is 12.1. The van der Waals surface area contributed by atoms with Crippen LogP contribution in [0.3, 0.4) is 0 Å². The molecule has 0 rings (SSSR count). The summed E-state index contributed by atoms with van der Waals surface area (Å²) in [6.07, 6.45) is 0. The van der Waals surface area contributed by atoms with Gasteiger partial charge in [0.1, 0.15) is 6.54 Å². The van der Waals surface area contributed by atoms with E-state index in [2.05, 4.69) is 34.8 Å². The van der Waals surface area contributed by atoms with Crippen molar-refractivity contribution in [2.75, 3.05) is 33.7 Å². The number of hydrogen-bond acceptors (Lipinski definition) is 3. The van der Waals surface area contributed by atoms with Crippen molar-refractivity contribution in [3.8, 4) is 0 Å². The Morgan fingerprint density at radius 3 is 2.13 bits per heavy atom. The molecule has 0 atom stereocenters. The van der Waals surface area contributed by atoms with Gasteiger partial charge in [-0.3, -0.25) is 9.59 Å². The number of amides is 2. The van der Waals surface area contributed by atoms with Gasteiger partial charge in [0.05, 0.1) is 6.54 Å². The standard InChI is InChI=1S/C15H31N5O2.HI/c1-11(2)8-16-14(18-10-13(22)20(6)7)17-9-12(21)19-15(3,4)5;/h11H,8-10H2,1-7H3,(H,19,21)(H2,16,17,18);1H. The van der Waals surface area contributed by atoms with Crippen LogP contribution in [-0.2, 0) is 9.59 Å². The van der Waals surface area contributed by atoms with Crippen molar-refractivity contribution in [1.29, 1.82) is 0 Å². The molecule has 2 amide bonds. The molecule has 0 aliphatic carbocycles. The van der Waals surface area contributed by atoms with Gasteiger partial charge in [-0.1, -0.05) is 13.8 Å². The summed E-state index contributed by atoms with van der Waals surface area (Å²) in [5.74, 6) is 0.684. The lowest BCUT2D eigenvalue weighted by Crippen LogP contribution is -2.45. The molecule has 8 heteroatoms. The maximum absolute atomic E-state index is 11.8. The second kappa shape index (κ2) is 11.5. The number of rotatable bonds is 6. The van der Waals surface area contributed by atoms with Gasteiger partial charge in [0.2, 0.25) is 11.8 Å². The molecule has 0 spiro atoms. The van der Waals surface area contributed by atoms with Crippen LogP contribution < -0.4 is 16.0 Å². The van der Waals surface area contributed by atoms with E-state index in [0.717, 1.165) is 0 Å². The summed E-state index contributed by atoms with van der Waals surface area (Å²) in [6, 6.07) is 0. The van der Waals surface area contributed by atoms with Crippen molar-refractivity contribution in [2.45, 2.75) is 40.2 Å². The third kappa shape index (κ3) is 14.3. The number of halogens is 1. The van der Waals surface area contributed by atoms with Crippen LogP contribution in [0.4, 0.5) is 0 Å². The molecule has 0 heterocycles. The van der Waals surface area contributed by atoms with Crippen LogP contribution >= 0.6 is 24.0 Å². The van der Waals surface area contributed by atoms with Gasteiger partial charge in [-0.25, -0.2) is 4.99 Å². The van der Waals surface area contributed by atoms with E-state index in [0.29, 0.717) is 18.4 Å². The molecule has 3 N–H and O–H groups in total. The number of nitrogens with zero attached hydrogens (tertiary/aromatic N) is 2. The molecule has 23 heavy (non-hydrogen) atoms. The fraction of sp³-hybridized carbons (Fsp3) is 0.800. The quantitative estimate of drug-likeness (QED) is 0.324. The predicted molar refractivity (Wildman–Crippen MR) is 105 cm³/mol. The zero-order valence-electron chi connectivity index (χ0n) is 15.3. The first-order chi connectivity index (χ1) is 10.0. The number of aliphatic imine (C=N–C) groups is 1. The second-order valence-electron chi connectivity index (χ2n) is 6.88. The highest BCUT2D eigenvalue weighted by Gasteiger charge is 2.13. The van der Waals surface area contributed by atoms with Gasteiger partial charge in [0, 0.05) is 26.2 Å². The van der Waals surface area contributed by atoms with Crippen molar-refractivity contribution >= 4 is 41.8 Å². The summed E-state index contributed by atoms with van der Waals surface area (Å²) >= 11 is 0. The molecular weight excluding hydrogens is 409 g/mol. The highest BCUT2D eigenvalue weighted by Crippen LogP contribution is 1.97. The van der Waals surface area contributed by atoms with E-state index in [1.165, 1.54) is 4.90 Å². The van der Waals surface area contributed by atoms with Gasteiger partial charge < -0.3 is 20.9 Å². The molecule has 0 saturated carbocycles. The maximum atomic E-state index is 11.8. The van der Waals surface area contributed by atoms with E-state index in [-0.39, 0.29) is 54.4 Å². The van der Waals surface area contributed by atoms with Crippen LogP contribution in [0, 0.1) is 5.92 Å². The first kappa shape index (κ1) is 24.2. The van der Waals surface area contributed by atoms with E-state index in [9.17, 15) is 9.59 Å². The largest absolute Gasteiger partial charge is 0.356 e. The maximum Gasteiger partial charge on any atom is 0.242 e. The van der Waals surface area contributed by atoms with Crippen molar-refractivity contribution in [3.05, 3.63) is 0 Å². The SMILES string of the molecule is CC(C)CNC(=NCC(=O)NC(C)(C)C)NCC(=O)N(C)C.I. The van der Waals surface area contributed by atoms with Gasteiger partial charge in [-0.15, -0.1) is 24.0 Å². The summed E-state index contributed by atoms with van der Waals surface area (Å²) in [5.41, 5.74) is -0.285. The molecular formula is C15H32IN5O2. The third-order valence-electron chi connectivity index (χ3n) is 2.48. The molecule has 0 aliphatic rings. The third-order valence-corrected chi connectivity index (χ3v) is 2.48. The van der Waals surface area contributed by atoms with Gasteiger partial charge in [0.25, 0.3) is 0 Å². The van der Waals surface area contributed by atoms with Crippen LogP contribution in [0.1, 0.15) is 34.6 Å². The minimum absolute atomic E-state index is 0. The number of likely N-dealkylation sites (N-methyl/N-ethyl adjacent to an activating group) is 1. The topological polar surface area (TPSA) is 85.8 Å². The van der Waals surface area contributed by atoms with Crippen LogP contribution in [0.5, 0.6) is 0 Å². The summed E-state index contributed by atoms with van der Waals surface area (Å²) in [5, 5.41) is 8.91. The molecule has 0 unspecified atom stereocenters. The van der Waals surface area contributed by atoms with Gasteiger partial charge >= 0.3 is 0 Å². The Bertz CT molecular complexity index is 403. The van der Waals surface area contributed by atoms with Gasteiger partial charge in [-0.05, 0) is 26.7 Å². The van der Waals surface area contributed by atoms with E-state index in [1.807, 2.05) is 20.8 Å². The lowest BCUT2D eigenvalue weighted by molar-refractivity contribution is -0.127. The fourth-order valence-electron chi connectivity index (χ4n) is 1.40. The number of guanidine groups is 1. The average Bonchev–Trinajstić information content (AvgIpc) is 2.34. The molecule has 0 aromatic heterocycles. The first-order valence-electron chi connectivity index (χ1n) is 7.54. The second-order valence-corrected chi connectivity index (χ2v) is 6.88. The minimum atomic E-state index is -0.285. The summed E-state index contributed by atoms with van der Waals surface area (Å²) in [4.78, 5) is 29.1. The first-order valence-corrected chi connectivity index (χ1v) is 7.54. The average molecular weight is 441 g/mol. The lowest BCUT2D eigenvalue weighted by Gasteiger charge is -2.20. The number of carbonyl (C=O) groups is 2. The molecule has 0 bridgehead atoms. The van der Waals surface area contributed by atoms with E-state index >= 15 is 0 Å². The van der Waals surface area contributed by atoms with Crippen molar-refractivity contribution < 1.29 is 9.59 Å². The molecule has 7 nitrogen and oxygen atoms in total. The normalized spacial score (nSPS) is 11.6. The number of hydrogen-bond donors (Lipinski definition) is 3. The fourth-order valence-corrected chi connectivity index (χ4v) is 1.40. The molecule has 0 saturated heterocycles. The summed E-state index contributed by atoms with van der Waals surface area (Å²) in [6.45, 7) is 10.8. The Hall–Kier alpha value is -1.06. The zero-order valence-corrected chi connectivity index (χ0v) is 17.6. The molecule has 136 valence electrons. The van der Waals surface area contributed by atoms with Crippen LogP contribution in [-0.4, -0.2) is 61.9 Å². The van der Waals surface area contributed by atoms with Crippen molar-refractivity contribution in [3.63, 3.8) is 0 Å². The smallest absolute Gasteiger partial charge is 0.242 e. The lowest BCUT2D eigenvalue weighted by atomic mass is 10.1. The van der Waals surface area contributed by atoms with Crippen molar-refractivity contribution in [1.82, 2.24) is 20.9 Å². The van der Waals surface area contributed by atoms with Gasteiger partial charge in [0.15, 0.2) is 5.96 Å². The Balaban J connectivity index is 0. The molecule has 0 aliphatic heterocycles. The Morgan fingerprint density at radius 1 is 1.13 bits per heavy atom. The molecule has 0 aromatic carbocycles. The van der Waals surface area contributed by atoms with Crippen LogP contribution in [0.15, 0.2) is 4.99 Å². The van der Waals surface area contributed by atoms with Gasteiger partial charge in [-0.2, -0.15) is 0 Å².